The Kier molecular flexibility index (Phi) is 3.16. The van der Waals surface area contributed by atoms with Crippen molar-refractivity contribution in [3.8, 4) is 0 Å². The van der Waals surface area contributed by atoms with Gasteiger partial charge in [-0.2, -0.15) is 0 Å². The molecule has 0 saturated heterocycles. The molecule has 0 spiro atoms. The molecular weight excluding hydrogens is 188 g/mol. The summed E-state index contributed by atoms with van der Waals surface area (Å²) in [4.78, 5) is 20.8. The molecule has 1 rings (SSSR count). The van der Waals surface area contributed by atoms with Gasteiger partial charge in [0.25, 0.3) is 5.91 Å². The van der Waals surface area contributed by atoms with Gasteiger partial charge in [0, 0.05) is 6.54 Å². The lowest BCUT2D eigenvalue weighted by atomic mass is 10.4. The van der Waals surface area contributed by atoms with E-state index in [-0.39, 0.29) is 11.5 Å². The first-order valence-electron chi connectivity index (χ1n) is 4.13. The monoisotopic (exact) mass is 198 g/mol. The fourth-order valence-electron chi connectivity index (χ4n) is 0.850. The van der Waals surface area contributed by atoms with Crippen LogP contribution in [0.25, 0.3) is 0 Å². The molecule has 0 saturated carbocycles. The second-order valence-corrected chi connectivity index (χ2v) is 2.65. The molecular formula is C7H10N4O3. The van der Waals surface area contributed by atoms with Crippen LogP contribution in [0.2, 0.25) is 0 Å². The second-order valence-electron chi connectivity index (χ2n) is 2.65. The number of aromatic nitrogens is 2. The molecule has 1 aromatic heterocycles. The SMILES string of the molecule is CCCNC(=O)c1cc([N+](=O)[O-])[nH]n1. The van der Waals surface area contributed by atoms with Gasteiger partial charge in [-0.15, -0.1) is 5.10 Å². The van der Waals surface area contributed by atoms with Crippen molar-refractivity contribution in [2.24, 2.45) is 0 Å². The van der Waals surface area contributed by atoms with E-state index in [0.29, 0.717) is 6.54 Å². The molecule has 0 aliphatic heterocycles. The molecule has 1 amide bonds. The molecule has 0 radical (unpaired) electrons. The van der Waals surface area contributed by atoms with Crippen LogP contribution in [-0.2, 0) is 0 Å². The highest BCUT2D eigenvalue weighted by Gasteiger charge is 2.15. The van der Waals surface area contributed by atoms with Gasteiger partial charge < -0.3 is 15.4 Å². The van der Waals surface area contributed by atoms with Crippen molar-refractivity contribution in [3.63, 3.8) is 0 Å². The third-order valence-electron chi connectivity index (χ3n) is 1.53. The van der Waals surface area contributed by atoms with E-state index >= 15 is 0 Å². The molecule has 0 fully saturated rings. The van der Waals surface area contributed by atoms with Crippen LogP contribution in [-0.4, -0.2) is 27.6 Å². The summed E-state index contributed by atoms with van der Waals surface area (Å²) in [6, 6.07) is 1.10. The molecule has 2 N–H and O–H groups in total. The fraction of sp³-hybridized carbons (Fsp3) is 0.429. The topological polar surface area (TPSA) is 101 Å². The molecule has 0 unspecified atom stereocenters. The summed E-state index contributed by atoms with van der Waals surface area (Å²) in [6.07, 6.45) is 0.804. The smallest absolute Gasteiger partial charge is 0.343 e. The van der Waals surface area contributed by atoms with Crippen LogP contribution < -0.4 is 5.32 Å². The average molecular weight is 198 g/mol. The van der Waals surface area contributed by atoms with Gasteiger partial charge in [0.15, 0.2) is 5.69 Å². The Balaban J connectivity index is 2.66. The molecule has 0 atom stereocenters. The molecule has 1 heterocycles. The Bertz CT molecular complexity index is 346. The number of hydrogen-bond acceptors (Lipinski definition) is 4. The van der Waals surface area contributed by atoms with E-state index in [2.05, 4.69) is 15.5 Å². The van der Waals surface area contributed by atoms with Crippen molar-refractivity contribution in [3.05, 3.63) is 21.9 Å². The third-order valence-corrected chi connectivity index (χ3v) is 1.53. The Morgan fingerprint density at radius 1 is 1.79 bits per heavy atom. The maximum atomic E-state index is 11.2. The number of aromatic amines is 1. The molecule has 7 heteroatoms. The highest BCUT2D eigenvalue weighted by Crippen LogP contribution is 2.07. The summed E-state index contributed by atoms with van der Waals surface area (Å²) in [6.45, 7) is 2.44. The maximum absolute atomic E-state index is 11.2. The van der Waals surface area contributed by atoms with E-state index < -0.39 is 10.8 Å². The van der Waals surface area contributed by atoms with Gasteiger partial charge >= 0.3 is 5.82 Å². The van der Waals surface area contributed by atoms with E-state index in [1.165, 1.54) is 0 Å². The van der Waals surface area contributed by atoms with Gasteiger partial charge in [-0.05, 0) is 11.3 Å². The van der Waals surface area contributed by atoms with E-state index in [9.17, 15) is 14.9 Å². The Hall–Kier alpha value is -1.92. The maximum Gasteiger partial charge on any atom is 0.343 e. The van der Waals surface area contributed by atoms with E-state index in [1.54, 1.807) is 0 Å². The quantitative estimate of drug-likeness (QED) is 0.542. The van der Waals surface area contributed by atoms with Crippen molar-refractivity contribution >= 4 is 11.7 Å². The molecule has 76 valence electrons. The average Bonchev–Trinajstić information content (AvgIpc) is 2.62. The van der Waals surface area contributed by atoms with Crippen LogP contribution in [0.4, 0.5) is 5.82 Å². The van der Waals surface area contributed by atoms with Crippen LogP contribution in [0.1, 0.15) is 23.8 Å². The second kappa shape index (κ2) is 4.35. The molecule has 7 nitrogen and oxygen atoms in total. The number of nitrogens with zero attached hydrogens (tertiary/aromatic N) is 2. The zero-order valence-electron chi connectivity index (χ0n) is 7.61. The number of rotatable bonds is 4. The van der Waals surface area contributed by atoms with Gasteiger partial charge in [0.1, 0.15) is 0 Å². The van der Waals surface area contributed by atoms with Crippen molar-refractivity contribution in [2.75, 3.05) is 6.54 Å². The minimum absolute atomic E-state index is 0.0325. The lowest BCUT2D eigenvalue weighted by molar-refractivity contribution is -0.389. The molecule has 0 aromatic carbocycles. The minimum Gasteiger partial charge on any atom is -0.358 e. The van der Waals surface area contributed by atoms with E-state index in [1.807, 2.05) is 6.92 Å². The summed E-state index contributed by atoms with van der Waals surface area (Å²) in [7, 11) is 0. The predicted octanol–water partition coefficient (Wildman–Crippen LogP) is 0.458. The minimum atomic E-state index is -0.635. The van der Waals surface area contributed by atoms with Crippen LogP contribution >= 0.6 is 0 Å². The number of nitro groups is 1. The number of H-pyrrole nitrogens is 1. The zero-order chi connectivity index (χ0) is 10.6. The van der Waals surface area contributed by atoms with Crippen LogP contribution in [0.5, 0.6) is 0 Å². The van der Waals surface area contributed by atoms with Crippen LogP contribution in [0.3, 0.4) is 0 Å². The summed E-state index contributed by atoms with van der Waals surface area (Å²) < 4.78 is 0. The molecule has 0 aliphatic rings. The van der Waals surface area contributed by atoms with E-state index in [0.717, 1.165) is 12.5 Å². The van der Waals surface area contributed by atoms with Gasteiger partial charge in [-0.25, -0.2) is 0 Å². The highest BCUT2D eigenvalue weighted by atomic mass is 16.6. The zero-order valence-corrected chi connectivity index (χ0v) is 7.61. The van der Waals surface area contributed by atoms with Crippen molar-refractivity contribution in [1.29, 1.82) is 0 Å². The Morgan fingerprint density at radius 3 is 3.00 bits per heavy atom. The first-order valence-corrected chi connectivity index (χ1v) is 4.13. The summed E-state index contributed by atoms with van der Waals surface area (Å²) in [5.74, 6) is -0.692. The number of hydrogen-bond donors (Lipinski definition) is 2. The van der Waals surface area contributed by atoms with Gasteiger partial charge in [-0.3, -0.25) is 4.79 Å². The first-order chi connectivity index (χ1) is 6.65. The predicted molar refractivity (Wildman–Crippen MR) is 47.9 cm³/mol. The molecule has 14 heavy (non-hydrogen) atoms. The van der Waals surface area contributed by atoms with Crippen LogP contribution in [0.15, 0.2) is 6.07 Å². The lowest BCUT2D eigenvalue weighted by Crippen LogP contribution is -2.24. The highest BCUT2D eigenvalue weighted by molar-refractivity contribution is 5.92. The molecule has 0 bridgehead atoms. The number of carbonyl (C=O) groups is 1. The summed E-state index contributed by atoms with van der Waals surface area (Å²) >= 11 is 0. The lowest BCUT2D eigenvalue weighted by Gasteiger charge is -1.97. The van der Waals surface area contributed by atoms with Crippen molar-refractivity contribution in [2.45, 2.75) is 13.3 Å². The first kappa shape index (κ1) is 10.2. The largest absolute Gasteiger partial charge is 0.358 e. The van der Waals surface area contributed by atoms with E-state index in [4.69, 9.17) is 0 Å². The normalized spacial score (nSPS) is 9.79. The summed E-state index contributed by atoms with van der Waals surface area (Å²) in [5, 5.41) is 18.5. The molecule has 1 aromatic rings. The molecule has 0 aliphatic carbocycles. The standard InChI is InChI=1S/C7H10N4O3/c1-2-3-8-7(12)5-4-6(10-9-5)11(13)14/h4H,2-3H2,1H3,(H,8,12)(H,9,10). The Morgan fingerprint density at radius 2 is 2.50 bits per heavy atom. The summed E-state index contributed by atoms with van der Waals surface area (Å²) in [5.41, 5.74) is 0.0325. The number of nitrogens with one attached hydrogen (secondary N) is 2. The van der Waals surface area contributed by atoms with Gasteiger partial charge in [-0.1, -0.05) is 12.0 Å². The van der Waals surface area contributed by atoms with Crippen molar-refractivity contribution in [1.82, 2.24) is 15.5 Å². The van der Waals surface area contributed by atoms with Crippen molar-refractivity contribution < 1.29 is 9.72 Å². The van der Waals surface area contributed by atoms with Gasteiger partial charge in [0.2, 0.25) is 0 Å². The Labute approximate surface area is 79.7 Å². The van der Waals surface area contributed by atoms with Crippen LogP contribution in [0, 0.1) is 10.1 Å². The number of amides is 1. The third kappa shape index (κ3) is 2.28. The van der Waals surface area contributed by atoms with Gasteiger partial charge in [0.05, 0.1) is 6.07 Å². The fourth-order valence-corrected chi connectivity index (χ4v) is 0.850. The number of carbonyl (C=O) groups excluding carboxylic acids is 1.